The molecule has 2 atom stereocenters. The summed E-state index contributed by atoms with van der Waals surface area (Å²) >= 11 is 0. The van der Waals surface area contributed by atoms with Gasteiger partial charge in [0.2, 0.25) is 0 Å². The fourth-order valence-electron chi connectivity index (χ4n) is 1.33. The Morgan fingerprint density at radius 3 is 2.00 bits per heavy atom. The fourth-order valence-corrected chi connectivity index (χ4v) is 1.33. The van der Waals surface area contributed by atoms with E-state index in [4.69, 9.17) is 31.4 Å². The summed E-state index contributed by atoms with van der Waals surface area (Å²) in [6.45, 7) is -0.0669. The molecular formula is C6H10B6F. The largest absolute Gasteiger partial charge is 0.258 e. The van der Waals surface area contributed by atoms with Gasteiger partial charge in [0.1, 0.15) is 14.0 Å². The lowest BCUT2D eigenvalue weighted by atomic mass is 9.27. The monoisotopic (exact) mass is 167 g/mol. The van der Waals surface area contributed by atoms with Crippen molar-refractivity contribution in [2.45, 2.75) is 36.9 Å². The highest BCUT2D eigenvalue weighted by Gasteiger charge is 2.26. The second-order valence-electron chi connectivity index (χ2n) is 3.05. The summed E-state index contributed by atoms with van der Waals surface area (Å²) in [6.07, 6.45) is 0.0668. The molecule has 0 rings (SSSR count). The molecule has 0 aromatic carbocycles. The minimum atomic E-state index is -1.10. The molecule has 13 heavy (non-hydrogen) atoms. The van der Waals surface area contributed by atoms with Gasteiger partial charge in [-0.15, -0.1) is 18.7 Å². The highest BCUT2D eigenvalue weighted by Crippen LogP contribution is 2.25. The SMILES string of the molecule is [B]C[B]C(F)C(C[B])B(C[B])C[B]. The fraction of sp³-hybridized carbons (Fsp3) is 1.00. The van der Waals surface area contributed by atoms with Gasteiger partial charge in [0.15, 0.2) is 0 Å². The van der Waals surface area contributed by atoms with Gasteiger partial charge in [-0.2, -0.15) is 0 Å². The second-order valence-corrected chi connectivity index (χ2v) is 3.05. The zero-order valence-electron chi connectivity index (χ0n) is 7.83. The van der Waals surface area contributed by atoms with E-state index in [-0.39, 0.29) is 25.1 Å². The summed E-state index contributed by atoms with van der Waals surface area (Å²) < 4.78 is 13.4. The van der Waals surface area contributed by atoms with Crippen LogP contribution < -0.4 is 0 Å². The molecule has 0 aliphatic heterocycles. The summed E-state index contributed by atoms with van der Waals surface area (Å²) in [4.78, 5) is 0. The second kappa shape index (κ2) is 7.70. The van der Waals surface area contributed by atoms with Crippen molar-refractivity contribution in [2.24, 2.45) is 0 Å². The summed E-state index contributed by atoms with van der Waals surface area (Å²) in [7, 11) is 22.9. The first-order chi connectivity index (χ1) is 6.21. The Balaban J connectivity index is 4.11. The van der Waals surface area contributed by atoms with Gasteiger partial charge in [0.05, 0.1) is 37.5 Å². The van der Waals surface area contributed by atoms with Gasteiger partial charge >= 0.3 is 0 Å². The molecule has 9 radical (unpaired) electrons. The van der Waals surface area contributed by atoms with Gasteiger partial charge in [-0.25, -0.2) is 0 Å². The van der Waals surface area contributed by atoms with Crippen molar-refractivity contribution in [1.29, 1.82) is 0 Å². The molecule has 0 fully saturated rings. The Morgan fingerprint density at radius 2 is 1.69 bits per heavy atom. The van der Waals surface area contributed by atoms with E-state index in [0.717, 1.165) is 0 Å². The molecule has 0 saturated heterocycles. The number of alkyl halides is 1. The zero-order chi connectivity index (χ0) is 10.3. The molecule has 0 amide bonds. The highest BCUT2D eigenvalue weighted by molar-refractivity contribution is 6.73. The number of rotatable bonds is 7. The van der Waals surface area contributed by atoms with E-state index in [2.05, 4.69) is 0 Å². The molecule has 0 aliphatic carbocycles. The molecule has 59 valence electrons. The molecule has 0 spiro atoms. The molecule has 0 aromatic heterocycles. The van der Waals surface area contributed by atoms with Crippen LogP contribution in [-0.2, 0) is 0 Å². The first-order valence-electron chi connectivity index (χ1n) is 4.48. The van der Waals surface area contributed by atoms with Gasteiger partial charge in [-0.05, 0) is 5.82 Å². The molecule has 0 saturated carbocycles. The van der Waals surface area contributed by atoms with Crippen LogP contribution in [0.15, 0.2) is 0 Å². The van der Waals surface area contributed by atoms with E-state index in [1.165, 1.54) is 7.28 Å². The Morgan fingerprint density at radius 1 is 1.15 bits per heavy atom. The van der Waals surface area contributed by atoms with E-state index >= 15 is 0 Å². The topological polar surface area (TPSA) is 0 Å². The van der Waals surface area contributed by atoms with Crippen LogP contribution in [0.3, 0.4) is 0 Å². The van der Waals surface area contributed by atoms with E-state index in [1.807, 2.05) is 0 Å². The van der Waals surface area contributed by atoms with Crippen molar-refractivity contribution >= 4 is 45.4 Å². The quantitative estimate of drug-likeness (QED) is 0.475. The maximum Gasteiger partial charge on any atom is 0.147 e. The van der Waals surface area contributed by atoms with Gasteiger partial charge in [-0.1, -0.05) is 6.32 Å². The molecule has 0 aliphatic rings. The van der Waals surface area contributed by atoms with Crippen LogP contribution in [0.1, 0.15) is 0 Å². The maximum absolute atomic E-state index is 13.4. The van der Waals surface area contributed by atoms with Crippen molar-refractivity contribution in [3.8, 4) is 0 Å². The lowest BCUT2D eigenvalue weighted by molar-refractivity contribution is 0.424. The standard InChI is InChI=1S/C6H10B6F/c7-1-5(6(13)11-2-8)12(3-9)4-10/h5-6H,1-4H2. The lowest BCUT2D eigenvalue weighted by Gasteiger charge is -2.25. The van der Waals surface area contributed by atoms with Crippen molar-refractivity contribution in [1.82, 2.24) is 0 Å². The molecule has 0 nitrogen and oxygen atoms in total. The predicted octanol–water partition coefficient (Wildman–Crippen LogP) is 0.234. The average Bonchev–Trinajstić information content (AvgIpc) is 2.14. The Hall–Kier alpha value is 0.320. The molecule has 0 bridgehead atoms. The Kier molecular flexibility index (Phi) is 7.89. The van der Waals surface area contributed by atoms with Crippen LogP contribution in [0.4, 0.5) is 4.39 Å². The van der Waals surface area contributed by atoms with E-state index in [9.17, 15) is 4.39 Å². The van der Waals surface area contributed by atoms with Crippen LogP contribution in [0.5, 0.6) is 0 Å². The predicted molar refractivity (Wildman–Crippen MR) is 62.4 cm³/mol. The van der Waals surface area contributed by atoms with Crippen LogP contribution in [0, 0.1) is 0 Å². The van der Waals surface area contributed by atoms with Crippen LogP contribution in [-0.4, -0.2) is 51.4 Å². The highest BCUT2D eigenvalue weighted by atomic mass is 19.1. The molecule has 7 heteroatoms. The van der Waals surface area contributed by atoms with Crippen molar-refractivity contribution < 1.29 is 4.39 Å². The summed E-state index contributed by atoms with van der Waals surface area (Å²) in [5.74, 6) is -0.307. The first-order valence-corrected chi connectivity index (χ1v) is 4.48. The van der Waals surface area contributed by atoms with E-state index < -0.39 is 6.07 Å². The Labute approximate surface area is 87.1 Å². The van der Waals surface area contributed by atoms with Gasteiger partial charge < -0.3 is 0 Å². The van der Waals surface area contributed by atoms with Crippen LogP contribution in [0.2, 0.25) is 30.8 Å². The minimum absolute atomic E-state index is 0.0669. The number of hydrogen-bond donors (Lipinski definition) is 0. The summed E-state index contributed by atoms with van der Waals surface area (Å²) in [6, 6.07) is 0. The maximum atomic E-state index is 13.4. The molecule has 0 heterocycles. The molecular weight excluding hydrogens is 156 g/mol. The van der Waals surface area contributed by atoms with Crippen molar-refractivity contribution in [3.05, 3.63) is 0 Å². The third-order valence-corrected chi connectivity index (χ3v) is 2.25. The number of halogens is 1. The van der Waals surface area contributed by atoms with E-state index in [0.29, 0.717) is 12.4 Å². The van der Waals surface area contributed by atoms with Gasteiger partial charge in [-0.3, -0.25) is 4.39 Å². The Bertz CT molecular complexity index is 120. The zero-order valence-corrected chi connectivity index (χ0v) is 7.83. The summed E-state index contributed by atoms with van der Waals surface area (Å²) in [5.41, 5.74) is 0. The average molecular weight is 166 g/mol. The number of hydrogen-bond acceptors (Lipinski definition) is 0. The first kappa shape index (κ1) is 13.3. The molecule has 2 unspecified atom stereocenters. The normalized spacial score (nSPS) is 14.8. The van der Waals surface area contributed by atoms with Crippen LogP contribution >= 0.6 is 0 Å². The smallest absolute Gasteiger partial charge is 0.147 e. The third kappa shape index (κ3) is 4.37. The lowest BCUT2D eigenvalue weighted by Crippen LogP contribution is -2.31. The third-order valence-electron chi connectivity index (χ3n) is 2.25. The minimum Gasteiger partial charge on any atom is -0.258 e. The van der Waals surface area contributed by atoms with E-state index in [1.54, 1.807) is 0 Å². The van der Waals surface area contributed by atoms with Gasteiger partial charge in [0, 0.05) is 0 Å². The van der Waals surface area contributed by atoms with Crippen LogP contribution in [0.25, 0.3) is 0 Å². The van der Waals surface area contributed by atoms with Gasteiger partial charge in [0.25, 0.3) is 0 Å². The molecule has 0 aromatic rings. The van der Waals surface area contributed by atoms with Crippen molar-refractivity contribution in [3.63, 3.8) is 0 Å². The summed E-state index contributed by atoms with van der Waals surface area (Å²) in [5, 5.41) is 0. The molecule has 0 N–H and O–H groups in total. The van der Waals surface area contributed by atoms with Crippen molar-refractivity contribution in [2.75, 3.05) is 0 Å².